The van der Waals surface area contributed by atoms with Crippen molar-refractivity contribution in [2.24, 2.45) is 0 Å². The molecule has 0 amide bonds. The molecule has 0 aromatic heterocycles. The molecule has 0 N–H and O–H groups in total. The third-order valence-electron chi connectivity index (χ3n) is 3.06. The SMILES string of the molecule is CCOCCN(CCOCC)c1ccc(C(C)=O)cc1. The summed E-state index contributed by atoms with van der Waals surface area (Å²) in [6, 6.07) is 7.70. The highest BCUT2D eigenvalue weighted by Crippen LogP contribution is 2.15. The van der Waals surface area contributed by atoms with Gasteiger partial charge >= 0.3 is 0 Å². The summed E-state index contributed by atoms with van der Waals surface area (Å²) in [5, 5.41) is 0. The predicted octanol–water partition coefficient (Wildman–Crippen LogP) is 2.77. The van der Waals surface area contributed by atoms with Crippen molar-refractivity contribution in [1.82, 2.24) is 0 Å². The van der Waals surface area contributed by atoms with Crippen LogP contribution in [0.25, 0.3) is 0 Å². The van der Waals surface area contributed by atoms with Crippen LogP contribution in [0.3, 0.4) is 0 Å². The Morgan fingerprint density at radius 3 is 1.90 bits per heavy atom. The van der Waals surface area contributed by atoms with Crippen LogP contribution in [0.2, 0.25) is 0 Å². The van der Waals surface area contributed by atoms with Gasteiger partial charge < -0.3 is 14.4 Å². The predicted molar refractivity (Wildman–Crippen MR) is 81.6 cm³/mol. The van der Waals surface area contributed by atoms with Gasteiger partial charge in [0.15, 0.2) is 5.78 Å². The number of hydrogen-bond acceptors (Lipinski definition) is 4. The van der Waals surface area contributed by atoms with Crippen molar-refractivity contribution in [1.29, 1.82) is 0 Å². The molecular weight excluding hydrogens is 254 g/mol. The minimum Gasteiger partial charge on any atom is -0.380 e. The van der Waals surface area contributed by atoms with Gasteiger partial charge in [0.05, 0.1) is 13.2 Å². The van der Waals surface area contributed by atoms with Crippen LogP contribution in [0.15, 0.2) is 24.3 Å². The Hall–Kier alpha value is -1.39. The Bertz CT molecular complexity index is 379. The minimum absolute atomic E-state index is 0.0896. The number of carbonyl (C=O) groups excluding carboxylic acids is 1. The molecule has 0 aliphatic heterocycles. The monoisotopic (exact) mass is 279 g/mol. The summed E-state index contributed by atoms with van der Waals surface area (Å²) in [6.07, 6.45) is 0. The zero-order chi connectivity index (χ0) is 14.8. The molecule has 0 heterocycles. The number of hydrogen-bond donors (Lipinski definition) is 0. The van der Waals surface area contributed by atoms with Crippen molar-refractivity contribution in [3.63, 3.8) is 0 Å². The molecule has 0 fully saturated rings. The van der Waals surface area contributed by atoms with E-state index in [0.717, 1.165) is 37.6 Å². The van der Waals surface area contributed by atoms with Gasteiger partial charge in [0.25, 0.3) is 0 Å². The number of nitrogens with zero attached hydrogens (tertiary/aromatic N) is 1. The standard InChI is InChI=1S/C16H25NO3/c1-4-19-12-10-17(11-13-20-5-2)16-8-6-15(7-9-16)14(3)18/h6-9H,4-5,10-13H2,1-3H3. The maximum absolute atomic E-state index is 11.3. The van der Waals surface area contributed by atoms with Gasteiger partial charge in [-0.05, 0) is 45.0 Å². The van der Waals surface area contributed by atoms with E-state index in [9.17, 15) is 4.79 Å². The number of ether oxygens (including phenoxy) is 2. The van der Waals surface area contributed by atoms with E-state index in [4.69, 9.17) is 9.47 Å². The molecule has 0 atom stereocenters. The Morgan fingerprint density at radius 1 is 1.00 bits per heavy atom. The summed E-state index contributed by atoms with van der Waals surface area (Å²) >= 11 is 0. The second-order valence-corrected chi connectivity index (χ2v) is 4.48. The molecule has 1 aromatic carbocycles. The number of benzene rings is 1. The molecule has 4 heteroatoms. The molecule has 0 aliphatic carbocycles. The van der Waals surface area contributed by atoms with Crippen LogP contribution < -0.4 is 4.90 Å². The lowest BCUT2D eigenvalue weighted by molar-refractivity contribution is 0.101. The highest BCUT2D eigenvalue weighted by molar-refractivity contribution is 5.94. The van der Waals surface area contributed by atoms with Crippen LogP contribution in [-0.2, 0) is 9.47 Å². The van der Waals surface area contributed by atoms with Gasteiger partial charge in [-0.1, -0.05) is 0 Å². The van der Waals surface area contributed by atoms with Crippen molar-refractivity contribution >= 4 is 11.5 Å². The highest BCUT2D eigenvalue weighted by atomic mass is 16.5. The summed E-state index contributed by atoms with van der Waals surface area (Å²) in [6.45, 7) is 10.0. The first-order valence-electron chi connectivity index (χ1n) is 7.20. The lowest BCUT2D eigenvalue weighted by atomic mass is 10.1. The van der Waals surface area contributed by atoms with E-state index in [1.54, 1.807) is 6.92 Å². The minimum atomic E-state index is 0.0896. The summed E-state index contributed by atoms with van der Waals surface area (Å²) in [4.78, 5) is 13.5. The first-order valence-corrected chi connectivity index (χ1v) is 7.20. The first kappa shape index (κ1) is 16.7. The highest BCUT2D eigenvalue weighted by Gasteiger charge is 2.07. The van der Waals surface area contributed by atoms with E-state index in [2.05, 4.69) is 4.90 Å². The molecule has 112 valence electrons. The van der Waals surface area contributed by atoms with E-state index < -0.39 is 0 Å². The molecule has 0 spiro atoms. The van der Waals surface area contributed by atoms with Crippen molar-refractivity contribution in [2.75, 3.05) is 44.4 Å². The molecule has 0 aliphatic rings. The van der Waals surface area contributed by atoms with Crippen molar-refractivity contribution in [2.45, 2.75) is 20.8 Å². The maximum atomic E-state index is 11.3. The molecule has 0 unspecified atom stereocenters. The van der Waals surface area contributed by atoms with Crippen molar-refractivity contribution in [3.8, 4) is 0 Å². The van der Waals surface area contributed by atoms with Gasteiger partial charge in [0, 0.05) is 37.6 Å². The Labute approximate surface area is 121 Å². The number of ketones is 1. The first-order chi connectivity index (χ1) is 9.69. The maximum Gasteiger partial charge on any atom is 0.159 e. The fourth-order valence-electron chi connectivity index (χ4n) is 1.92. The zero-order valence-corrected chi connectivity index (χ0v) is 12.7. The van der Waals surface area contributed by atoms with E-state index in [1.807, 2.05) is 38.1 Å². The molecule has 1 rings (SSSR count). The Morgan fingerprint density at radius 2 is 1.50 bits per heavy atom. The largest absolute Gasteiger partial charge is 0.380 e. The third kappa shape index (κ3) is 5.72. The molecule has 20 heavy (non-hydrogen) atoms. The lowest BCUT2D eigenvalue weighted by Gasteiger charge is -2.24. The average molecular weight is 279 g/mol. The zero-order valence-electron chi connectivity index (χ0n) is 12.7. The average Bonchev–Trinajstić information content (AvgIpc) is 2.46. The quantitative estimate of drug-likeness (QED) is 0.487. The van der Waals surface area contributed by atoms with Crippen LogP contribution in [0.5, 0.6) is 0 Å². The van der Waals surface area contributed by atoms with Crippen molar-refractivity contribution < 1.29 is 14.3 Å². The summed E-state index contributed by atoms with van der Waals surface area (Å²) < 4.78 is 10.8. The molecule has 0 radical (unpaired) electrons. The Kier molecular flexibility index (Phi) is 7.92. The van der Waals surface area contributed by atoms with Crippen LogP contribution >= 0.6 is 0 Å². The van der Waals surface area contributed by atoms with E-state index in [0.29, 0.717) is 13.2 Å². The van der Waals surface area contributed by atoms with Gasteiger partial charge in [-0.3, -0.25) is 4.79 Å². The molecule has 0 saturated carbocycles. The molecule has 0 bridgehead atoms. The van der Waals surface area contributed by atoms with Crippen LogP contribution in [0.4, 0.5) is 5.69 Å². The van der Waals surface area contributed by atoms with Gasteiger partial charge in [0.1, 0.15) is 0 Å². The molecular formula is C16H25NO3. The van der Waals surface area contributed by atoms with E-state index in [1.165, 1.54) is 0 Å². The number of rotatable bonds is 10. The second kappa shape index (κ2) is 9.50. The van der Waals surface area contributed by atoms with Gasteiger partial charge in [-0.15, -0.1) is 0 Å². The van der Waals surface area contributed by atoms with Crippen LogP contribution in [-0.4, -0.2) is 45.3 Å². The summed E-state index contributed by atoms with van der Waals surface area (Å²) in [5.41, 5.74) is 1.83. The Balaban J connectivity index is 2.66. The molecule has 4 nitrogen and oxygen atoms in total. The van der Waals surface area contributed by atoms with Gasteiger partial charge in [0.2, 0.25) is 0 Å². The van der Waals surface area contributed by atoms with Gasteiger partial charge in [-0.2, -0.15) is 0 Å². The third-order valence-corrected chi connectivity index (χ3v) is 3.06. The lowest BCUT2D eigenvalue weighted by Crippen LogP contribution is -2.31. The molecule has 1 aromatic rings. The van der Waals surface area contributed by atoms with Crippen LogP contribution in [0, 0.1) is 0 Å². The topological polar surface area (TPSA) is 38.8 Å². The fourth-order valence-corrected chi connectivity index (χ4v) is 1.92. The fraction of sp³-hybridized carbons (Fsp3) is 0.562. The van der Waals surface area contributed by atoms with Gasteiger partial charge in [-0.25, -0.2) is 0 Å². The van der Waals surface area contributed by atoms with Crippen molar-refractivity contribution in [3.05, 3.63) is 29.8 Å². The van der Waals surface area contributed by atoms with E-state index in [-0.39, 0.29) is 5.78 Å². The normalized spacial score (nSPS) is 10.6. The number of anilines is 1. The number of carbonyl (C=O) groups is 1. The number of Topliss-reactive ketones (excluding diaryl/α,β-unsaturated/α-hetero) is 1. The smallest absolute Gasteiger partial charge is 0.159 e. The summed E-state index contributed by atoms with van der Waals surface area (Å²) in [7, 11) is 0. The molecule has 0 saturated heterocycles. The van der Waals surface area contributed by atoms with Crippen LogP contribution in [0.1, 0.15) is 31.1 Å². The summed E-state index contributed by atoms with van der Waals surface area (Å²) in [5.74, 6) is 0.0896. The second-order valence-electron chi connectivity index (χ2n) is 4.48. The van der Waals surface area contributed by atoms with E-state index >= 15 is 0 Å².